The van der Waals surface area contributed by atoms with Crippen LogP contribution in [0.5, 0.6) is 11.5 Å². The Bertz CT molecular complexity index is 702. The third kappa shape index (κ3) is 4.12. The van der Waals surface area contributed by atoms with Gasteiger partial charge in [0.15, 0.2) is 11.5 Å². The molecular formula is C20H27N3O4. The third-order valence-electron chi connectivity index (χ3n) is 5.65. The Kier molecular flexibility index (Phi) is 5.36. The molecule has 2 fully saturated rings. The lowest BCUT2D eigenvalue weighted by Gasteiger charge is -2.29. The molecule has 0 spiro atoms. The van der Waals surface area contributed by atoms with Crippen LogP contribution >= 0.6 is 0 Å². The fourth-order valence-electron chi connectivity index (χ4n) is 4.14. The zero-order chi connectivity index (χ0) is 18.6. The molecule has 2 heterocycles. The molecule has 1 saturated heterocycles. The molecular weight excluding hydrogens is 346 g/mol. The van der Waals surface area contributed by atoms with Gasteiger partial charge in [-0.25, -0.2) is 4.79 Å². The van der Waals surface area contributed by atoms with E-state index in [1.54, 1.807) is 4.90 Å². The molecule has 4 rings (SSSR count). The summed E-state index contributed by atoms with van der Waals surface area (Å²) in [6.45, 7) is 1.28. The number of carbonyl (C=O) groups is 2. The summed E-state index contributed by atoms with van der Waals surface area (Å²) in [6.07, 6.45) is 7.25. The molecule has 3 aliphatic rings. The molecule has 0 aromatic heterocycles. The lowest BCUT2D eigenvalue weighted by atomic mass is 9.96. The first-order chi connectivity index (χ1) is 13.2. The van der Waals surface area contributed by atoms with Crippen molar-refractivity contribution in [2.75, 3.05) is 13.3 Å². The first-order valence-corrected chi connectivity index (χ1v) is 9.94. The van der Waals surface area contributed by atoms with Crippen molar-refractivity contribution in [3.05, 3.63) is 23.8 Å². The van der Waals surface area contributed by atoms with Crippen molar-refractivity contribution in [2.45, 2.75) is 63.6 Å². The zero-order valence-electron chi connectivity index (χ0n) is 15.5. The molecule has 1 aliphatic carbocycles. The normalized spacial score (nSPS) is 21.9. The smallest absolute Gasteiger partial charge is 0.318 e. The Balaban J connectivity index is 1.31. The fourth-order valence-corrected chi connectivity index (χ4v) is 4.14. The first kappa shape index (κ1) is 17.9. The van der Waals surface area contributed by atoms with Crippen molar-refractivity contribution in [1.82, 2.24) is 15.5 Å². The van der Waals surface area contributed by atoms with Gasteiger partial charge in [-0.2, -0.15) is 0 Å². The van der Waals surface area contributed by atoms with Crippen molar-refractivity contribution >= 4 is 11.9 Å². The quantitative estimate of drug-likeness (QED) is 0.850. The van der Waals surface area contributed by atoms with E-state index in [1.807, 2.05) is 18.2 Å². The van der Waals surface area contributed by atoms with E-state index in [0.29, 0.717) is 25.3 Å². The second kappa shape index (κ2) is 8.06. The predicted molar refractivity (Wildman–Crippen MR) is 99.5 cm³/mol. The van der Waals surface area contributed by atoms with Crippen LogP contribution in [-0.4, -0.2) is 42.3 Å². The maximum atomic E-state index is 12.7. The van der Waals surface area contributed by atoms with Crippen molar-refractivity contribution in [3.8, 4) is 11.5 Å². The zero-order valence-corrected chi connectivity index (χ0v) is 15.5. The van der Waals surface area contributed by atoms with Gasteiger partial charge >= 0.3 is 6.03 Å². The maximum absolute atomic E-state index is 12.7. The van der Waals surface area contributed by atoms with Gasteiger partial charge in [-0.05, 0) is 43.4 Å². The summed E-state index contributed by atoms with van der Waals surface area (Å²) < 4.78 is 10.7. The molecule has 7 nitrogen and oxygen atoms in total. The highest BCUT2D eigenvalue weighted by molar-refractivity contribution is 5.87. The average molecular weight is 373 g/mol. The van der Waals surface area contributed by atoms with Crippen LogP contribution in [0.3, 0.4) is 0 Å². The Hall–Kier alpha value is -2.44. The van der Waals surface area contributed by atoms with Crippen LogP contribution < -0.4 is 20.1 Å². The Morgan fingerprint density at radius 1 is 1.04 bits per heavy atom. The maximum Gasteiger partial charge on any atom is 0.318 e. The second-order valence-corrected chi connectivity index (χ2v) is 7.54. The van der Waals surface area contributed by atoms with Gasteiger partial charge in [0.2, 0.25) is 12.7 Å². The number of ether oxygens (including phenoxy) is 2. The number of carbonyl (C=O) groups excluding carboxylic acids is 2. The number of rotatable bonds is 4. The molecule has 2 aliphatic heterocycles. The first-order valence-electron chi connectivity index (χ1n) is 9.94. The van der Waals surface area contributed by atoms with Gasteiger partial charge in [-0.15, -0.1) is 0 Å². The van der Waals surface area contributed by atoms with Crippen molar-refractivity contribution < 1.29 is 19.1 Å². The summed E-state index contributed by atoms with van der Waals surface area (Å²) in [5.74, 6) is 1.34. The lowest BCUT2D eigenvalue weighted by molar-refractivity contribution is -0.124. The highest BCUT2D eigenvalue weighted by Gasteiger charge is 2.34. The van der Waals surface area contributed by atoms with E-state index in [0.717, 1.165) is 30.6 Å². The monoisotopic (exact) mass is 373 g/mol. The van der Waals surface area contributed by atoms with Gasteiger partial charge in [0.05, 0.1) is 0 Å². The van der Waals surface area contributed by atoms with E-state index in [9.17, 15) is 9.59 Å². The van der Waals surface area contributed by atoms with E-state index in [4.69, 9.17) is 9.47 Å². The van der Waals surface area contributed by atoms with Crippen molar-refractivity contribution in [1.29, 1.82) is 0 Å². The number of hydrogen-bond donors (Lipinski definition) is 2. The SMILES string of the molecule is O=C(NCc1ccc2c(c1)OCO2)C1CCCN1C(=O)NC1CCCCC1. The number of fused-ring (bicyclic) bond motifs is 1. The summed E-state index contributed by atoms with van der Waals surface area (Å²) in [6, 6.07) is 5.42. The second-order valence-electron chi connectivity index (χ2n) is 7.54. The van der Waals surface area contributed by atoms with Gasteiger partial charge in [-0.3, -0.25) is 4.79 Å². The van der Waals surface area contributed by atoms with Crippen molar-refractivity contribution in [2.24, 2.45) is 0 Å². The number of nitrogens with one attached hydrogen (secondary N) is 2. The fraction of sp³-hybridized carbons (Fsp3) is 0.600. The van der Waals surface area contributed by atoms with Crippen molar-refractivity contribution in [3.63, 3.8) is 0 Å². The average Bonchev–Trinajstić information content (AvgIpc) is 3.35. The molecule has 27 heavy (non-hydrogen) atoms. The summed E-state index contributed by atoms with van der Waals surface area (Å²) in [7, 11) is 0. The van der Waals surface area contributed by atoms with E-state index in [1.165, 1.54) is 19.3 Å². The topological polar surface area (TPSA) is 79.9 Å². The number of urea groups is 1. The number of likely N-dealkylation sites (tertiary alicyclic amines) is 1. The van der Waals surface area contributed by atoms with Gasteiger partial charge in [0.25, 0.3) is 0 Å². The molecule has 2 N–H and O–H groups in total. The predicted octanol–water partition coefficient (Wildman–Crippen LogP) is 2.54. The number of benzene rings is 1. The summed E-state index contributed by atoms with van der Waals surface area (Å²) in [4.78, 5) is 27.0. The van der Waals surface area contributed by atoms with E-state index in [-0.39, 0.29) is 30.8 Å². The van der Waals surface area contributed by atoms with Gasteiger partial charge in [-0.1, -0.05) is 25.3 Å². The molecule has 0 radical (unpaired) electrons. The van der Waals surface area contributed by atoms with Crippen LogP contribution in [0.1, 0.15) is 50.5 Å². The third-order valence-corrected chi connectivity index (χ3v) is 5.65. The molecule has 146 valence electrons. The Labute approximate surface area is 159 Å². The summed E-state index contributed by atoms with van der Waals surface area (Å²) >= 11 is 0. The van der Waals surface area contributed by atoms with Crippen LogP contribution in [0, 0.1) is 0 Å². The summed E-state index contributed by atoms with van der Waals surface area (Å²) in [5, 5.41) is 6.09. The largest absolute Gasteiger partial charge is 0.454 e. The van der Waals surface area contributed by atoms with Crippen LogP contribution in [0.2, 0.25) is 0 Å². The van der Waals surface area contributed by atoms with Crippen LogP contribution in [0.15, 0.2) is 18.2 Å². The molecule has 1 aromatic rings. The Morgan fingerprint density at radius 3 is 2.70 bits per heavy atom. The van der Waals surface area contributed by atoms with E-state index < -0.39 is 0 Å². The minimum Gasteiger partial charge on any atom is -0.454 e. The van der Waals surface area contributed by atoms with Crippen LogP contribution in [0.25, 0.3) is 0 Å². The molecule has 1 aromatic carbocycles. The molecule has 1 unspecified atom stereocenters. The Morgan fingerprint density at radius 2 is 1.85 bits per heavy atom. The summed E-state index contributed by atoms with van der Waals surface area (Å²) in [5.41, 5.74) is 0.948. The highest BCUT2D eigenvalue weighted by Crippen LogP contribution is 2.32. The standard InChI is InChI=1S/C20H27N3O4/c24-19(21-12-14-8-9-17-18(11-14)27-13-26-17)16-7-4-10-23(16)20(25)22-15-5-2-1-3-6-15/h8-9,11,15-16H,1-7,10,12-13H2,(H,21,24)(H,22,25). The van der Waals surface area contributed by atoms with Crippen LogP contribution in [0.4, 0.5) is 4.79 Å². The van der Waals surface area contributed by atoms with Gasteiger partial charge in [0.1, 0.15) is 6.04 Å². The lowest BCUT2D eigenvalue weighted by Crippen LogP contribution is -2.51. The minimum atomic E-state index is -0.386. The number of hydrogen-bond acceptors (Lipinski definition) is 4. The molecule has 0 bridgehead atoms. The molecule has 3 amide bonds. The molecule has 1 saturated carbocycles. The molecule has 1 atom stereocenters. The number of amides is 3. The molecule has 7 heteroatoms. The highest BCUT2D eigenvalue weighted by atomic mass is 16.7. The van der Waals surface area contributed by atoms with E-state index >= 15 is 0 Å². The van der Waals surface area contributed by atoms with Gasteiger partial charge < -0.3 is 25.0 Å². The van der Waals surface area contributed by atoms with Gasteiger partial charge in [0, 0.05) is 19.1 Å². The van der Waals surface area contributed by atoms with E-state index in [2.05, 4.69) is 10.6 Å². The minimum absolute atomic E-state index is 0.0936. The number of nitrogens with zero attached hydrogens (tertiary/aromatic N) is 1. The van der Waals surface area contributed by atoms with Crippen LogP contribution in [-0.2, 0) is 11.3 Å².